The van der Waals surface area contributed by atoms with Gasteiger partial charge in [0, 0.05) is 12.7 Å². The number of carbonyl (C=O) groups excluding carboxylic acids is 1. The van der Waals surface area contributed by atoms with Gasteiger partial charge in [-0.25, -0.2) is 13.2 Å². The Kier molecular flexibility index (Phi) is 4.33. The zero-order valence-corrected chi connectivity index (χ0v) is 13.4. The molecule has 0 bridgehead atoms. The molecule has 7 nitrogen and oxygen atoms in total. The van der Waals surface area contributed by atoms with Crippen LogP contribution in [0.1, 0.15) is 22.2 Å². The van der Waals surface area contributed by atoms with E-state index in [0.29, 0.717) is 17.8 Å². The number of rotatable bonds is 5. The topological polar surface area (TPSA) is 90.3 Å². The molecule has 0 saturated heterocycles. The van der Waals surface area contributed by atoms with Gasteiger partial charge in [-0.15, -0.1) is 11.3 Å². The first-order valence-corrected chi connectivity index (χ1v) is 8.47. The number of thiophene rings is 1. The van der Waals surface area contributed by atoms with Gasteiger partial charge in [0.1, 0.15) is 9.77 Å². The summed E-state index contributed by atoms with van der Waals surface area (Å²) in [5, 5.41) is 5.60. The Morgan fingerprint density at radius 3 is 2.81 bits per heavy atom. The van der Waals surface area contributed by atoms with E-state index in [0.717, 1.165) is 11.3 Å². The van der Waals surface area contributed by atoms with Crippen molar-refractivity contribution < 1.29 is 17.9 Å². The number of sulfonamides is 1. The summed E-state index contributed by atoms with van der Waals surface area (Å²) in [4.78, 5) is 11.7. The molecule has 0 atom stereocenters. The molecule has 114 valence electrons. The first kappa shape index (κ1) is 15.5. The highest BCUT2D eigenvalue weighted by Crippen LogP contribution is 2.29. The largest absolute Gasteiger partial charge is 0.465 e. The number of ether oxygens (including phenoxy) is 1. The first-order valence-electron chi connectivity index (χ1n) is 6.10. The van der Waals surface area contributed by atoms with Crippen LogP contribution in [0.5, 0.6) is 0 Å². The maximum Gasteiger partial charge on any atom is 0.349 e. The summed E-state index contributed by atoms with van der Waals surface area (Å²) in [5.41, 5.74) is 0.842. The molecule has 0 fully saturated rings. The standard InChI is InChI=1S/C12H15N3O4S2/c1-4-15-6-9(5-13-15)14-21(17,18)11-8(2)7-20-10(11)12(16)19-3/h5-7,14H,4H2,1-3H3. The second kappa shape index (κ2) is 5.86. The Bertz CT molecular complexity index is 761. The molecule has 0 unspecified atom stereocenters. The third-order valence-corrected chi connectivity index (χ3v) is 5.54. The fourth-order valence-corrected chi connectivity index (χ4v) is 4.53. The van der Waals surface area contributed by atoms with Gasteiger partial charge in [-0.05, 0) is 24.8 Å². The van der Waals surface area contributed by atoms with Crippen molar-refractivity contribution in [1.82, 2.24) is 9.78 Å². The summed E-state index contributed by atoms with van der Waals surface area (Å²) >= 11 is 1.04. The van der Waals surface area contributed by atoms with Gasteiger partial charge >= 0.3 is 5.97 Å². The summed E-state index contributed by atoms with van der Waals surface area (Å²) in [6.45, 7) is 4.16. The monoisotopic (exact) mass is 329 g/mol. The maximum absolute atomic E-state index is 12.5. The average molecular weight is 329 g/mol. The van der Waals surface area contributed by atoms with Crippen LogP contribution in [0.3, 0.4) is 0 Å². The number of aryl methyl sites for hydroxylation is 2. The number of aromatic nitrogens is 2. The average Bonchev–Trinajstić information content (AvgIpc) is 3.04. The minimum atomic E-state index is -3.88. The normalized spacial score (nSPS) is 11.4. The molecule has 2 rings (SSSR count). The van der Waals surface area contributed by atoms with Gasteiger partial charge in [0.2, 0.25) is 0 Å². The molecule has 0 aromatic carbocycles. The van der Waals surface area contributed by atoms with Crippen LogP contribution in [0, 0.1) is 6.92 Å². The van der Waals surface area contributed by atoms with E-state index in [1.54, 1.807) is 23.2 Å². The van der Waals surface area contributed by atoms with E-state index < -0.39 is 16.0 Å². The van der Waals surface area contributed by atoms with Crippen LogP contribution in [0.25, 0.3) is 0 Å². The minimum Gasteiger partial charge on any atom is -0.465 e. The summed E-state index contributed by atoms with van der Waals surface area (Å²) in [5.74, 6) is -0.669. The fourth-order valence-electron chi connectivity index (χ4n) is 1.80. The lowest BCUT2D eigenvalue weighted by atomic mass is 10.3. The molecule has 0 aliphatic rings. The molecular formula is C12H15N3O4S2. The number of carbonyl (C=O) groups is 1. The van der Waals surface area contributed by atoms with Crippen LogP contribution < -0.4 is 4.72 Å². The summed E-state index contributed by atoms with van der Waals surface area (Å²) in [6, 6.07) is 0. The molecule has 0 aliphatic heterocycles. The second-order valence-electron chi connectivity index (χ2n) is 4.26. The summed E-state index contributed by atoms with van der Waals surface area (Å²) in [7, 11) is -2.66. The Labute approximate surface area is 126 Å². The third kappa shape index (κ3) is 3.08. The molecule has 0 aliphatic carbocycles. The molecular weight excluding hydrogens is 314 g/mol. The van der Waals surface area contributed by atoms with E-state index in [2.05, 4.69) is 14.6 Å². The Morgan fingerprint density at radius 2 is 2.24 bits per heavy atom. The fraction of sp³-hybridized carbons (Fsp3) is 0.333. The minimum absolute atomic E-state index is 0.0522. The highest BCUT2D eigenvalue weighted by atomic mass is 32.2. The van der Waals surface area contributed by atoms with Crippen LogP contribution >= 0.6 is 11.3 Å². The molecule has 0 saturated carbocycles. The Morgan fingerprint density at radius 1 is 1.52 bits per heavy atom. The number of hydrogen-bond acceptors (Lipinski definition) is 6. The molecule has 1 N–H and O–H groups in total. The quantitative estimate of drug-likeness (QED) is 0.846. The molecule has 0 radical (unpaired) electrons. The molecule has 2 aromatic heterocycles. The molecule has 2 heterocycles. The van der Waals surface area contributed by atoms with Crippen molar-refractivity contribution in [3.63, 3.8) is 0 Å². The number of methoxy groups -OCH3 is 1. The van der Waals surface area contributed by atoms with Gasteiger partial charge in [-0.2, -0.15) is 5.10 Å². The van der Waals surface area contributed by atoms with Crippen molar-refractivity contribution in [2.75, 3.05) is 11.8 Å². The van der Waals surface area contributed by atoms with Crippen LogP contribution in [0.4, 0.5) is 5.69 Å². The SMILES string of the molecule is CCn1cc(NS(=O)(=O)c2c(C)csc2C(=O)OC)cn1. The van der Waals surface area contributed by atoms with Crippen molar-refractivity contribution in [2.24, 2.45) is 0 Å². The summed E-state index contributed by atoms with van der Waals surface area (Å²) < 4.78 is 33.6. The highest BCUT2D eigenvalue weighted by Gasteiger charge is 2.27. The first-order chi connectivity index (χ1) is 9.89. The molecule has 0 amide bonds. The Balaban J connectivity index is 2.40. The van der Waals surface area contributed by atoms with E-state index in [4.69, 9.17) is 0 Å². The number of hydrogen-bond donors (Lipinski definition) is 1. The van der Waals surface area contributed by atoms with Gasteiger partial charge in [0.25, 0.3) is 10.0 Å². The lowest BCUT2D eigenvalue weighted by Crippen LogP contribution is -2.16. The van der Waals surface area contributed by atoms with Crippen molar-refractivity contribution in [2.45, 2.75) is 25.3 Å². The number of nitrogens with zero attached hydrogens (tertiary/aromatic N) is 2. The van der Waals surface area contributed by atoms with Crippen molar-refractivity contribution in [3.05, 3.63) is 28.2 Å². The second-order valence-corrected chi connectivity index (χ2v) is 6.76. The zero-order chi connectivity index (χ0) is 15.6. The lowest BCUT2D eigenvalue weighted by Gasteiger charge is -2.07. The predicted molar refractivity (Wildman–Crippen MR) is 79.1 cm³/mol. The van der Waals surface area contributed by atoms with E-state index in [-0.39, 0.29) is 9.77 Å². The smallest absolute Gasteiger partial charge is 0.349 e. The zero-order valence-electron chi connectivity index (χ0n) is 11.8. The molecule has 2 aromatic rings. The maximum atomic E-state index is 12.5. The Hall–Kier alpha value is -1.87. The molecule has 0 spiro atoms. The number of anilines is 1. The van der Waals surface area contributed by atoms with E-state index in [1.165, 1.54) is 13.3 Å². The molecule has 9 heteroatoms. The van der Waals surface area contributed by atoms with E-state index in [9.17, 15) is 13.2 Å². The number of nitrogens with one attached hydrogen (secondary N) is 1. The van der Waals surface area contributed by atoms with E-state index >= 15 is 0 Å². The van der Waals surface area contributed by atoms with Gasteiger partial charge in [-0.1, -0.05) is 0 Å². The van der Waals surface area contributed by atoms with Gasteiger partial charge in [0.15, 0.2) is 0 Å². The van der Waals surface area contributed by atoms with E-state index in [1.807, 2.05) is 6.92 Å². The lowest BCUT2D eigenvalue weighted by molar-refractivity contribution is 0.0602. The van der Waals surface area contributed by atoms with Crippen LogP contribution in [0.15, 0.2) is 22.7 Å². The van der Waals surface area contributed by atoms with Gasteiger partial charge in [-0.3, -0.25) is 9.40 Å². The summed E-state index contributed by atoms with van der Waals surface area (Å²) in [6.07, 6.45) is 3.00. The predicted octanol–water partition coefficient (Wildman–Crippen LogP) is 1.86. The van der Waals surface area contributed by atoms with Crippen LogP contribution in [-0.2, 0) is 21.3 Å². The van der Waals surface area contributed by atoms with Gasteiger partial charge in [0.05, 0.1) is 19.0 Å². The van der Waals surface area contributed by atoms with Gasteiger partial charge < -0.3 is 4.74 Å². The van der Waals surface area contributed by atoms with Crippen molar-refractivity contribution >= 4 is 33.0 Å². The van der Waals surface area contributed by atoms with Crippen molar-refractivity contribution in [1.29, 1.82) is 0 Å². The van der Waals surface area contributed by atoms with Crippen LogP contribution in [-0.4, -0.2) is 31.3 Å². The number of esters is 1. The highest BCUT2D eigenvalue weighted by molar-refractivity contribution is 7.93. The molecule has 21 heavy (non-hydrogen) atoms. The third-order valence-electron chi connectivity index (χ3n) is 2.77. The van der Waals surface area contributed by atoms with Crippen molar-refractivity contribution in [3.8, 4) is 0 Å². The van der Waals surface area contributed by atoms with Crippen LogP contribution in [0.2, 0.25) is 0 Å².